The van der Waals surface area contributed by atoms with Gasteiger partial charge in [0.25, 0.3) is 0 Å². The summed E-state index contributed by atoms with van der Waals surface area (Å²) in [5.41, 5.74) is 1.74. The number of amides is 2. The average molecular weight is 402 g/mol. The Morgan fingerprint density at radius 1 is 1.24 bits per heavy atom. The summed E-state index contributed by atoms with van der Waals surface area (Å²) < 4.78 is 24.0. The molecule has 0 spiro atoms. The maximum Gasteiger partial charge on any atom is 0.315 e. The van der Waals surface area contributed by atoms with Crippen molar-refractivity contribution in [2.75, 3.05) is 27.3 Å². The van der Waals surface area contributed by atoms with Gasteiger partial charge in [-0.1, -0.05) is 12.1 Å². The van der Waals surface area contributed by atoms with Gasteiger partial charge >= 0.3 is 6.03 Å². The van der Waals surface area contributed by atoms with Crippen LogP contribution in [0.3, 0.4) is 0 Å². The van der Waals surface area contributed by atoms with Gasteiger partial charge in [-0.3, -0.25) is 4.90 Å². The molecular formula is C21H27FN4O3. The molecule has 1 aromatic heterocycles. The number of pyridine rings is 1. The van der Waals surface area contributed by atoms with Gasteiger partial charge in [-0.05, 0) is 36.6 Å². The summed E-state index contributed by atoms with van der Waals surface area (Å²) in [5.74, 6) is 0.422. The highest BCUT2D eigenvalue weighted by Crippen LogP contribution is 2.20. The summed E-state index contributed by atoms with van der Waals surface area (Å²) in [6.07, 6.45) is 3.35. The molecule has 1 aliphatic heterocycles. The quantitative estimate of drug-likeness (QED) is 0.745. The predicted octanol–water partition coefficient (Wildman–Crippen LogP) is 2.70. The summed E-state index contributed by atoms with van der Waals surface area (Å²) in [4.78, 5) is 18.6. The molecule has 0 radical (unpaired) electrons. The summed E-state index contributed by atoms with van der Waals surface area (Å²) in [7, 11) is 3.01. The third kappa shape index (κ3) is 5.80. The number of urea groups is 1. The van der Waals surface area contributed by atoms with E-state index >= 15 is 0 Å². The van der Waals surface area contributed by atoms with Gasteiger partial charge in [0.1, 0.15) is 0 Å². The Balaban J connectivity index is 1.41. The van der Waals surface area contributed by atoms with Gasteiger partial charge in [-0.25, -0.2) is 14.2 Å². The Morgan fingerprint density at radius 3 is 2.72 bits per heavy atom. The fourth-order valence-corrected chi connectivity index (χ4v) is 3.46. The van der Waals surface area contributed by atoms with Gasteiger partial charge in [-0.2, -0.15) is 0 Å². The number of likely N-dealkylation sites (tertiary alicyclic amines) is 1. The molecule has 0 unspecified atom stereocenters. The number of benzene rings is 1. The van der Waals surface area contributed by atoms with Crippen molar-refractivity contribution in [3.8, 4) is 11.6 Å². The number of carbonyl (C=O) groups excluding carboxylic acids is 1. The smallest absolute Gasteiger partial charge is 0.315 e. The van der Waals surface area contributed by atoms with Crippen LogP contribution in [0, 0.1) is 5.82 Å². The Labute approximate surface area is 170 Å². The van der Waals surface area contributed by atoms with Gasteiger partial charge in [-0.15, -0.1) is 0 Å². The maximum atomic E-state index is 13.8. The lowest BCUT2D eigenvalue weighted by molar-refractivity contribution is 0.186. The molecule has 7 nitrogen and oxygen atoms in total. The van der Waals surface area contributed by atoms with Crippen molar-refractivity contribution in [1.29, 1.82) is 0 Å². The molecule has 2 amide bonds. The molecule has 1 aromatic carbocycles. The summed E-state index contributed by atoms with van der Waals surface area (Å²) >= 11 is 0. The number of nitrogens with zero attached hydrogens (tertiary/aromatic N) is 2. The number of carbonyl (C=O) groups is 1. The number of hydrogen-bond acceptors (Lipinski definition) is 5. The Bertz CT molecular complexity index is 825. The van der Waals surface area contributed by atoms with Crippen molar-refractivity contribution in [3.63, 3.8) is 0 Å². The zero-order valence-corrected chi connectivity index (χ0v) is 16.8. The lowest BCUT2D eigenvalue weighted by Crippen LogP contribution is -2.47. The molecule has 8 heteroatoms. The van der Waals surface area contributed by atoms with Crippen LogP contribution in [-0.2, 0) is 13.1 Å². The predicted molar refractivity (Wildman–Crippen MR) is 107 cm³/mol. The normalized spacial score (nSPS) is 15.0. The number of nitrogens with one attached hydrogen (secondary N) is 2. The minimum absolute atomic E-state index is 0.120. The third-order valence-electron chi connectivity index (χ3n) is 5.03. The molecule has 0 atom stereocenters. The van der Waals surface area contributed by atoms with Crippen LogP contribution in [0.15, 0.2) is 36.5 Å². The molecule has 156 valence electrons. The SMILES string of the molecule is COc1ccc(CN2CCC(NC(=O)NCc3cccnc3OC)CC2)cc1F. The average Bonchev–Trinajstić information content (AvgIpc) is 2.74. The lowest BCUT2D eigenvalue weighted by atomic mass is 10.0. The first-order valence-electron chi connectivity index (χ1n) is 9.66. The molecule has 29 heavy (non-hydrogen) atoms. The van der Waals surface area contributed by atoms with Crippen molar-refractivity contribution < 1.29 is 18.7 Å². The van der Waals surface area contributed by atoms with E-state index < -0.39 is 0 Å². The van der Waals surface area contributed by atoms with E-state index in [9.17, 15) is 9.18 Å². The van der Waals surface area contributed by atoms with Gasteiger partial charge in [0, 0.05) is 44.0 Å². The van der Waals surface area contributed by atoms with Gasteiger partial charge < -0.3 is 20.1 Å². The number of piperidine rings is 1. The zero-order chi connectivity index (χ0) is 20.6. The van der Waals surface area contributed by atoms with E-state index in [4.69, 9.17) is 9.47 Å². The van der Waals surface area contributed by atoms with E-state index in [1.165, 1.54) is 13.2 Å². The minimum Gasteiger partial charge on any atom is -0.494 e. The van der Waals surface area contributed by atoms with Crippen molar-refractivity contribution >= 4 is 6.03 Å². The first kappa shape index (κ1) is 20.9. The van der Waals surface area contributed by atoms with Crippen LogP contribution in [-0.4, -0.2) is 49.3 Å². The number of hydrogen-bond donors (Lipinski definition) is 2. The van der Waals surface area contributed by atoms with Crippen LogP contribution in [0.4, 0.5) is 9.18 Å². The number of methoxy groups -OCH3 is 2. The standard InChI is InChI=1S/C21H27FN4O3/c1-28-19-6-5-15(12-18(19)22)14-26-10-7-17(8-11-26)25-21(27)24-13-16-4-3-9-23-20(16)29-2/h3-6,9,12,17H,7-8,10-11,13-14H2,1-2H3,(H2,24,25,27). The van der Waals surface area contributed by atoms with Gasteiger partial charge in [0.05, 0.1) is 14.2 Å². The van der Waals surface area contributed by atoms with Gasteiger partial charge in [0.2, 0.25) is 5.88 Å². The maximum absolute atomic E-state index is 13.8. The first-order valence-corrected chi connectivity index (χ1v) is 9.66. The van der Waals surface area contributed by atoms with E-state index in [0.29, 0.717) is 19.0 Å². The van der Waals surface area contributed by atoms with Crippen molar-refractivity contribution in [2.24, 2.45) is 0 Å². The molecule has 0 aliphatic carbocycles. The highest BCUT2D eigenvalue weighted by atomic mass is 19.1. The topological polar surface area (TPSA) is 75.7 Å². The second-order valence-corrected chi connectivity index (χ2v) is 7.02. The van der Waals surface area contributed by atoms with Crippen LogP contribution in [0.5, 0.6) is 11.6 Å². The molecular weight excluding hydrogens is 375 g/mol. The second kappa shape index (κ2) is 10.1. The fraction of sp³-hybridized carbons (Fsp3) is 0.429. The third-order valence-corrected chi connectivity index (χ3v) is 5.03. The van der Waals surface area contributed by atoms with Crippen LogP contribution in [0.1, 0.15) is 24.0 Å². The van der Waals surface area contributed by atoms with Crippen LogP contribution in [0.25, 0.3) is 0 Å². The molecule has 2 N–H and O–H groups in total. The lowest BCUT2D eigenvalue weighted by Gasteiger charge is -2.32. The van der Waals surface area contributed by atoms with Crippen LogP contribution in [0.2, 0.25) is 0 Å². The summed E-state index contributed by atoms with van der Waals surface area (Å²) in [5, 5.41) is 5.87. The number of ether oxygens (including phenoxy) is 2. The van der Waals surface area contributed by atoms with Crippen LogP contribution < -0.4 is 20.1 Å². The molecule has 1 aliphatic rings. The van der Waals surface area contributed by atoms with Crippen molar-refractivity contribution in [1.82, 2.24) is 20.5 Å². The number of aromatic nitrogens is 1. The monoisotopic (exact) mass is 402 g/mol. The van der Waals surface area contributed by atoms with Crippen molar-refractivity contribution in [3.05, 3.63) is 53.5 Å². The number of rotatable bonds is 7. The molecule has 2 heterocycles. The van der Waals surface area contributed by atoms with Crippen molar-refractivity contribution in [2.45, 2.75) is 32.0 Å². The Morgan fingerprint density at radius 2 is 2.03 bits per heavy atom. The Hall–Kier alpha value is -2.87. The highest BCUT2D eigenvalue weighted by molar-refractivity contribution is 5.74. The zero-order valence-electron chi connectivity index (χ0n) is 16.8. The molecule has 1 fully saturated rings. The highest BCUT2D eigenvalue weighted by Gasteiger charge is 2.21. The van der Waals surface area contributed by atoms with Gasteiger partial charge in [0.15, 0.2) is 11.6 Å². The molecule has 1 saturated heterocycles. The Kier molecular flexibility index (Phi) is 7.24. The summed E-state index contributed by atoms with van der Waals surface area (Å²) in [6, 6.07) is 8.64. The van der Waals surface area contributed by atoms with Crippen LogP contribution >= 0.6 is 0 Å². The van der Waals surface area contributed by atoms with E-state index in [2.05, 4.69) is 20.5 Å². The van der Waals surface area contributed by atoms with E-state index in [0.717, 1.165) is 37.1 Å². The van der Waals surface area contributed by atoms with E-state index in [1.807, 2.05) is 18.2 Å². The summed E-state index contributed by atoms with van der Waals surface area (Å²) in [6.45, 7) is 2.72. The molecule has 0 saturated carbocycles. The molecule has 3 rings (SSSR count). The molecule has 0 bridgehead atoms. The fourth-order valence-electron chi connectivity index (χ4n) is 3.46. The minimum atomic E-state index is -0.344. The van der Waals surface area contributed by atoms with E-state index in [-0.39, 0.29) is 23.6 Å². The second-order valence-electron chi connectivity index (χ2n) is 7.02. The largest absolute Gasteiger partial charge is 0.494 e. The first-order chi connectivity index (χ1) is 14.1. The molecule has 2 aromatic rings. The van der Waals surface area contributed by atoms with E-state index in [1.54, 1.807) is 19.4 Å². The number of halogens is 1.